The number of carbonyl (C=O) groups excluding carboxylic acids is 1. The van der Waals surface area contributed by atoms with Crippen LogP contribution in [-0.2, 0) is 16.2 Å². The van der Waals surface area contributed by atoms with Crippen LogP contribution in [-0.4, -0.2) is 63.8 Å². The van der Waals surface area contributed by atoms with Crippen molar-refractivity contribution < 1.29 is 26.4 Å². The van der Waals surface area contributed by atoms with E-state index in [2.05, 4.69) is 0 Å². The number of nitrogens with zero attached hydrogens (tertiary/aromatic N) is 3. The molecular formula is C26H23Cl3F3N3O3S. The predicted molar refractivity (Wildman–Crippen MR) is 147 cm³/mol. The SMILES string of the molecule is CN(C)C(=O)c1ccc(-c2ccc(N3CCN(S(=O)(=O)c4c(Cl)cccc4C(F)(F)F)CC3)c(Cl)c2)cc1Cl. The van der Waals surface area contributed by atoms with Crippen molar-refractivity contribution in [2.24, 2.45) is 0 Å². The highest BCUT2D eigenvalue weighted by atomic mass is 35.5. The van der Waals surface area contributed by atoms with E-state index in [4.69, 9.17) is 34.8 Å². The highest BCUT2D eigenvalue weighted by molar-refractivity contribution is 7.89. The fraction of sp³-hybridized carbons (Fsp3) is 0.269. The Bertz CT molecular complexity index is 1520. The smallest absolute Gasteiger partial charge is 0.368 e. The lowest BCUT2D eigenvalue weighted by molar-refractivity contribution is -0.139. The molecule has 1 aliphatic heterocycles. The van der Waals surface area contributed by atoms with E-state index in [0.29, 0.717) is 27.4 Å². The van der Waals surface area contributed by atoms with Gasteiger partial charge in [-0.2, -0.15) is 17.5 Å². The molecule has 1 aliphatic rings. The Hall–Kier alpha value is -2.50. The summed E-state index contributed by atoms with van der Waals surface area (Å²) in [6.07, 6.45) is -4.88. The number of anilines is 1. The number of benzene rings is 3. The Labute approximate surface area is 239 Å². The summed E-state index contributed by atoms with van der Waals surface area (Å²) in [6, 6.07) is 13.3. The number of hydrogen-bond acceptors (Lipinski definition) is 4. The Balaban J connectivity index is 1.52. The van der Waals surface area contributed by atoms with Crippen LogP contribution in [0.25, 0.3) is 11.1 Å². The number of hydrogen-bond donors (Lipinski definition) is 0. The lowest BCUT2D eigenvalue weighted by atomic mass is 10.0. The maximum absolute atomic E-state index is 13.5. The highest BCUT2D eigenvalue weighted by Crippen LogP contribution is 2.39. The molecule has 208 valence electrons. The zero-order valence-corrected chi connectivity index (χ0v) is 23.9. The van der Waals surface area contributed by atoms with Crippen molar-refractivity contribution in [1.82, 2.24) is 9.21 Å². The maximum Gasteiger partial charge on any atom is 0.417 e. The van der Waals surface area contributed by atoms with Gasteiger partial charge in [-0.1, -0.05) is 53.0 Å². The molecular weight excluding hydrogens is 598 g/mol. The van der Waals surface area contributed by atoms with E-state index < -0.39 is 31.7 Å². The molecule has 0 aliphatic carbocycles. The predicted octanol–water partition coefficient (Wildman–Crippen LogP) is 6.55. The van der Waals surface area contributed by atoms with E-state index in [1.807, 2.05) is 11.0 Å². The lowest BCUT2D eigenvalue weighted by Crippen LogP contribution is -2.49. The molecule has 1 saturated heterocycles. The Morgan fingerprint density at radius 2 is 1.44 bits per heavy atom. The molecule has 0 unspecified atom stereocenters. The molecule has 39 heavy (non-hydrogen) atoms. The van der Waals surface area contributed by atoms with Crippen molar-refractivity contribution in [3.8, 4) is 11.1 Å². The summed E-state index contributed by atoms with van der Waals surface area (Å²) in [5, 5.41) is 0.222. The van der Waals surface area contributed by atoms with Crippen molar-refractivity contribution in [3.05, 3.63) is 80.8 Å². The Morgan fingerprint density at radius 1 is 0.846 bits per heavy atom. The van der Waals surface area contributed by atoms with Crippen LogP contribution in [0.2, 0.25) is 15.1 Å². The number of sulfonamides is 1. The van der Waals surface area contributed by atoms with E-state index in [0.717, 1.165) is 27.6 Å². The molecule has 0 bridgehead atoms. The molecule has 3 aromatic carbocycles. The minimum Gasteiger partial charge on any atom is -0.368 e. The summed E-state index contributed by atoms with van der Waals surface area (Å²) in [6.45, 7) is 0.300. The molecule has 0 N–H and O–H groups in total. The second-order valence-corrected chi connectivity index (χ2v) is 12.2. The summed E-state index contributed by atoms with van der Waals surface area (Å²) < 4.78 is 67.9. The molecule has 4 rings (SSSR count). The van der Waals surface area contributed by atoms with E-state index in [-0.39, 0.29) is 32.1 Å². The van der Waals surface area contributed by atoms with Gasteiger partial charge in [-0.3, -0.25) is 4.79 Å². The minimum absolute atomic E-state index is 0.0556. The zero-order valence-electron chi connectivity index (χ0n) is 20.8. The number of alkyl halides is 3. The van der Waals surface area contributed by atoms with Gasteiger partial charge in [0.1, 0.15) is 4.90 Å². The molecule has 1 amide bonds. The second-order valence-electron chi connectivity index (χ2n) is 9.07. The normalized spacial score (nSPS) is 14.9. The highest BCUT2D eigenvalue weighted by Gasteiger charge is 2.41. The number of rotatable bonds is 5. The van der Waals surface area contributed by atoms with Crippen LogP contribution < -0.4 is 4.90 Å². The molecule has 0 atom stereocenters. The van der Waals surface area contributed by atoms with Gasteiger partial charge >= 0.3 is 6.18 Å². The van der Waals surface area contributed by atoms with Gasteiger partial charge in [-0.05, 0) is 47.5 Å². The van der Waals surface area contributed by atoms with E-state index in [1.54, 1.807) is 44.4 Å². The number of halogens is 6. The van der Waals surface area contributed by atoms with Crippen LogP contribution >= 0.6 is 34.8 Å². The third kappa shape index (κ3) is 6.00. The molecule has 13 heteroatoms. The van der Waals surface area contributed by atoms with Gasteiger partial charge < -0.3 is 9.80 Å². The first-order valence-electron chi connectivity index (χ1n) is 11.6. The fourth-order valence-electron chi connectivity index (χ4n) is 4.34. The van der Waals surface area contributed by atoms with E-state index >= 15 is 0 Å². The molecule has 6 nitrogen and oxygen atoms in total. The summed E-state index contributed by atoms with van der Waals surface area (Å²) >= 11 is 18.9. The van der Waals surface area contributed by atoms with Gasteiger partial charge in [0, 0.05) is 40.3 Å². The summed E-state index contributed by atoms with van der Waals surface area (Å²) in [5.74, 6) is -0.217. The molecule has 0 saturated carbocycles. The van der Waals surface area contributed by atoms with Crippen molar-refractivity contribution in [2.45, 2.75) is 11.1 Å². The average molecular weight is 621 g/mol. The Morgan fingerprint density at radius 3 is 1.97 bits per heavy atom. The van der Waals surface area contributed by atoms with Crippen LogP contribution in [0.4, 0.5) is 18.9 Å². The largest absolute Gasteiger partial charge is 0.417 e. The fourth-order valence-corrected chi connectivity index (χ4v) is 7.05. The van der Waals surface area contributed by atoms with Crippen molar-refractivity contribution >= 4 is 56.4 Å². The monoisotopic (exact) mass is 619 g/mol. The van der Waals surface area contributed by atoms with Gasteiger partial charge in [0.25, 0.3) is 5.91 Å². The molecule has 1 fully saturated rings. The molecule has 0 spiro atoms. The van der Waals surface area contributed by atoms with Gasteiger partial charge in [0.2, 0.25) is 10.0 Å². The molecule has 3 aromatic rings. The summed E-state index contributed by atoms with van der Waals surface area (Å²) in [5.41, 5.74) is 1.24. The number of amides is 1. The Kier molecular flexibility index (Phi) is 8.45. The first-order chi connectivity index (χ1) is 18.2. The van der Waals surface area contributed by atoms with Gasteiger partial charge in [0.15, 0.2) is 0 Å². The standard InChI is InChI=1S/C26H23Cl3F3N3O3S/c1-33(2)25(36)18-8-6-16(14-21(18)28)17-7-9-23(22(29)15-17)34-10-12-35(13-11-34)39(37,38)24-19(26(30,31)32)4-3-5-20(24)27/h3-9,14-15H,10-13H2,1-2H3. The molecule has 0 aromatic heterocycles. The quantitative estimate of drug-likeness (QED) is 0.325. The first kappa shape index (κ1) is 29.5. The van der Waals surface area contributed by atoms with Gasteiger partial charge in [0.05, 0.1) is 31.9 Å². The van der Waals surface area contributed by atoms with Crippen molar-refractivity contribution in [2.75, 3.05) is 45.2 Å². The minimum atomic E-state index is -4.88. The van der Waals surface area contributed by atoms with E-state index in [9.17, 15) is 26.4 Å². The maximum atomic E-state index is 13.5. The third-order valence-electron chi connectivity index (χ3n) is 6.34. The van der Waals surface area contributed by atoms with Crippen molar-refractivity contribution in [1.29, 1.82) is 0 Å². The lowest BCUT2D eigenvalue weighted by Gasteiger charge is -2.36. The average Bonchev–Trinajstić information content (AvgIpc) is 2.87. The summed E-state index contributed by atoms with van der Waals surface area (Å²) in [4.78, 5) is 14.6. The third-order valence-corrected chi connectivity index (χ3v) is 9.38. The summed E-state index contributed by atoms with van der Waals surface area (Å²) in [7, 11) is -1.23. The van der Waals surface area contributed by atoms with Crippen LogP contribution in [0, 0.1) is 0 Å². The van der Waals surface area contributed by atoms with Gasteiger partial charge in [-0.25, -0.2) is 8.42 Å². The second kappa shape index (κ2) is 11.2. The number of carbonyl (C=O) groups is 1. The van der Waals surface area contributed by atoms with Crippen LogP contribution in [0.15, 0.2) is 59.5 Å². The van der Waals surface area contributed by atoms with Crippen LogP contribution in [0.3, 0.4) is 0 Å². The first-order valence-corrected chi connectivity index (χ1v) is 14.2. The number of piperazine rings is 1. The zero-order chi connectivity index (χ0) is 28.7. The van der Waals surface area contributed by atoms with Crippen LogP contribution in [0.5, 0.6) is 0 Å². The molecule has 1 heterocycles. The van der Waals surface area contributed by atoms with Crippen molar-refractivity contribution in [3.63, 3.8) is 0 Å². The van der Waals surface area contributed by atoms with Gasteiger partial charge in [-0.15, -0.1) is 0 Å². The van der Waals surface area contributed by atoms with Crippen LogP contribution in [0.1, 0.15) is 15.9 Å². The van der Waals surface area contributed by atoms with E-state index in [1.165, 1.54) is 4.90 Å². The topological polar surface area (TPSA) is 60.9 Å². The molecule has 0 radical (unpaired) electrons.